The van der Waals surface area contributed by atoms with Gasteiger partial charge in [0, 0.05) is 18.7 Å². The van der Waals surface area contributed by atoms with Crippen LogP contribution in [-0.2, 0) is 16.4 Å². The van der Waals surface area contributed by atoms with Crippen molar-refractivity contribution in [1.82, 2.24) is 5.32 Å². The Morgan fingerprint density at radius 3 is 2.94 bits per heavy atom. The minimum Gasteiger partial charge on any atom is -0.475 e. The first-order valence-electron chi connectivity index (χ1n) is 5.72. The van der Waals surface area contributed by atoms with Gasteiger partial charge in [0.1, 0.15) is 0 Å². The molecular weight excluding hydrogens is 258 g/mol. The van der Waals surface area contributed by atoms with Gasteiger partial charge in [-0.3, -0.25) is 0 Å². The van der Waals surface area contributed by atoms with Crippen LogP contribution >= 0.6 is 0 Å². The fourth-order valence-corrected chi connectivity index (χ4v) is 3.92. The van der Waals surface area contributed by atoms with Crippen LogP contribution in [0.3, 0.4) is 0 Å². The molecule has 100 valence electrons. The van der Waals surface area contributed by atoms with Crippen LogP contribution in [0.15, 0.2) is 16.7 Å². The zero-order valence-corrected chi connectivity index (χ0v) is 10.6. The predicted octanol–water partition coefficient (Wildman–Crippen LogP) is 0.645. The van der Waals surface area contributed by atoms with Crippen molar-refractivity contribution < 1.29 is 22.7 Å². The molecule has 2 N–H and O–H groups in total. The maximum atomic E-state index is 11.6. The summed E-state index contributed by atoms with van der Waals surface area (Å²) in [6.45, 7) is 0.650. The molecule has 0 aromatic carbocycles. The summed E-state index contributed by atoms with van der Waals surface area (Å²) in [5.41, 5.74) is 0.526. The molecule has 1 unspecified atom stereocenters. The number of nitrogens with one attached hydrogen (secondary N) is 1. The Bertz CT molecular complexity index is 533. The summed E-state index contributed by atoms with van der Waals surface area (Å²) in [7, 11) is -2.96. The van der Waals surface area contributed by atoms with Gasteiger partial charge in [-0.25, -0.2) is 13.2 Å². The van der Waals surface area contributed by atoms with Crippen molar-refractivity contribution in [1.29, 1.82) is 0 Å². The maximum Gasteiger partial charge on any atom is 0.372 e. The molecule has 1 saturated heterocycles. The van der Waals surface area contributed by atoms with Crippen LogP contribution < -0.4 is 5.32 Å². The van der Waals surface area contributed by atoms with Crippen LogP contribution in [0.5, 0.6) is 0 Å². The monoisotopic (exact) mass is 273 g/mol. The fourth-order valence-electron chi connectivity index (χ4n) is 2.12. The highest BCUT2D eigenvalue weighted by atomic mass is 32.2. The van der Waals surface area contributed by atoms with Crippen LogP contribution in [0.1, 0.15) is 29.0 Å². The average molecular weight is 273 g/mol. The SMILES string of the molecule is O=C(O)c1occc1CNCC1CCCS1(=O)=O. The number of hydrogen-bond donors (Lipinski definition) is 2. The first-order chi connectivity index (χ1) is 8.50. The average Bonchev–Trinajstić information content (AvgIpc) is 2.86. The van der Waals surface area contributed by atoms with Crippen LogP contribution in [0.2, 0.25) is 0 Å². The summed E-state index contributed by atoms with van der Waals surface area (Å²) in [5, 5.41) is 11.5. The lowest BCUT2D eigenvalue weighted by atomic mass is 10.2. The Morgan fingerprint density at radius 2 is 2.33 bits per heavy atom. The molecule has 2 heterocycles. The number of sulfone groups is 1. The summed E-state index contributed by atoms with van der Waals surface area (Å²) in [6.07, 6.45) is 2.69. The molecule has 2 rings (SSSR count). The molecule has 6 nitrogen and oxygen atoms in total. The number of hydrogen-bond acceptors (Lipinski definition) is 5. The zero-order valence-electron chi connectivity index (χ0n) is 9.76. The van der Waals surface area contributed by atoms with E-state index in [0.29, 0.717) is 31.5 Å². The van der Waals surface area contributed by atoms with Crippen LogP contribution in [0.4, 0.5) is 0 Å². The molecule has 1 aromatic rings. The molecule has 0 saturated carbocycles. The standard InChI is InChI=1S/C11H15NO5S/c13-11(14)10-8(3-4-17-10)6-12-7-9-2-1-5-18(9,15)16/h3-4,9,12H,1-2,5-7H2,(H,13,14). The van der Waals surface area contributed by atoms with Gasteiger partial charge in [-0.1, -0.05) is 0 Å². The molecule has 7 heteroatoms. The van der Waals surface area contributed by atoms with Crippen molar-refractivity contribution in [3.05, 3.63) is 23.7 Å². The zero-order chi connectivity index (χ0) is 13.2. The lowest BCUT2D eigenvalue weighted by Crippen LogP contribution is -2.30. The van der Waals surface area contributed by atoms with E-state index >= 15 is 0 Å². The second-order valence-electron chi connectivity index (χ2n) is 4.34. The van der Waals surface area contributed by atoms with E-state index in [2.05, 4.69) is 5.32 Å². The minimum absolute atomic E-state index is 0.100. The summed E-state index contributed by atoms with van der Waals surface area (Å²) >= 11 is 0. The van der Waals surface area contributed by atoms with E-state index in [1.54, 1.807) is 6.07 Å². The van der Waals surface area contributed by atoms with Crippen molar-refractivity contribution >= 4 is 15.8 Å². The molecule has 1 atom stereocenters. The van der Waals surface area contributed by atoms with Gasteiger partial charge in [-0.2, -0.15) is 0 Å². The van der Waals surface area contributed by atoms with Gasteiger partial charge in [-0.05, 0) is 18.9 Å². The van der Waals surface area contributed by atoms with Gasteiger partial charge in [0.25, 0.3) is 0 Å². The number of carboxylic acid groups (broad SMARTS) is 1. The van der Waals surface area contributed by atoms with Gasteiger partial charge in [-0.15, -0.1) is 0 Å². The smallest absolute Gasteiger partial charge is 0.372 e. The molecule has 18 heavy (non-hydrogen) atoms. The second-order valence-corrected chi connectivity index (χ2v) is 6.74. The molecule has 1 fully saturated rings. The van der Waals surface area contributed by atoms with Crippen LogP contribution in [0.25, 0.3) is 0 Å². The first kappa shape index (κ1) is 13.1. The highest BCUT2D eigenvalue weighted by Crippen LogP contribution is 2.19. The number of carbonyl (C=O) groups is 1. The largest absolute Gasteiger partial charge is 0.475 e. The molecule has 0 amide bonds. The van der Waals surface area contributed by atoms with Crippen molar-refractivity contribution in [3.63, 3.8) is 0 Å². The molecule has 1 aliphatic rings. The van der Waals surface area contributed by atoms with E-state index in [0.717, 1.165) is 0 Å². The third kappa shape index (κ3) is 2.73. The Hall–Kier alpha value is -1.34. The van der Waals surface area contributed by atoms with E-state index in [4.69, 9.17) is 9.52 Å². The number of aromatic carboxylic acids is 1. The van der Waals surface area contributed by atoms with E-state index in [1.165, 1.54) is 6.26 Å². The number of carboxylic acids is 1. The predicted molar refractivity (Wildman–Crippen MR) is 64.2 cm³/mol. The summed E-state index contributed by atoms with van der Waals surface area (Å²) < 4.78 is 28.0. The lowest BCUT2D eigenvalue weighted by molar-refractivity contribution is 0.0660. The topological polar surface area (TPSA) is 96.6 Å². The fraction of sp³-hybridized carbons (Fsp3) is 0.545. The van der Waals surface area contributed by atoms with E-state index < -0.39 is 15.8 Å². The normalized spacial score (nSPS) is 22.1. The van der Waals surface area contributed by atoms with Crippen molar-refractivity contribution in [2.45, 2.75) is 24.6 Å². The van der Waals surface area contributed by atoms with Gasteiger partial charge >= 0.3 is 5.97 Å². The van der Waals surface area contributed by atoms with Gasteiger partial charge in [0.15, 0.2) is 9.84 Å². The molecular formula is C11H15NO5S. The number of rotatable bonds is 5. The van der Waals surface area contributed by atoms with E-state index in [1.807, 2.05) is 0 Å². The van der Waals surface area contributed by atoms with E-state index in [-0.39, 0.29) is 16.8 Å². The Kier molecular flexibility index (Phi) is 3.72. The number of furan rings is 1. The Morgan fingerprint density at radius 1 is 1.56 bits per heavy atom. The van der Waals surface area contributed by atoms with Gasteiger partial charge in [0.2, 0.25) is 5.76 Å². The first-order valence-corrected chi connectivity index (χ1v) is 7.44. The lowest BCUT2D eigenvalue weighted by Gasteiger charge is -2.10. The van der Waals surface area contributed by atoms with Gasteiger partial charge < -0.3 is 14.8 Å². The van der Waals surface area contributed by atoms with Crippen molar-refractivity contribution in [2.24, 2.45) is 0 Å². The van der Waals surface area contributed by atoms with Crippen LogP contribution in [0, 0.1) is 0 Å². The molecule has 1 aliphatic heterocycles. The maximum absolute atomic E-state index is 11.6. The molecule has 0 spiro atoms. The van der Waals surface area contributed by atoms with E-state index in [9.17, 15) is 13.2 Å². The third-order valence-corrected chi connectivity index (χ3v) is 5.37. The molecule has 0 bridgehead atoms. The summed E-state index contributed by atoms with van der Waals surface area (Å²) in [4.78, 5) is 10.8. The highest BCUT2D eigenvalue weighted by Gasteiger charge is 2.30. The van der Waals surface area contributed by atoms with Crippen LogP contribution in [-0.4, -0.2) is 37.0 Å². The van der Waals surface area contributed by atoms with Crippen molar-refractivity contribution in [2.75, 3.05) is 12.3 Å². The molecule has 0 aliphatic carbocycles. The van der Waals surface area contributed by atoms with Gasteiger partial charge in [0.05, 0.1) is 17.3 Å². The summed E-state index contributed by atoms with van der Waals surface area (Å²) in [6, 6.07) is 1.57. The quantitative estimate of drug-likeness (QED) is 0.817. The Balaban J connectivity index is 1.89. The second kappa shape index (κ2) is 5.11. The molecule has 0 radical (unpaired) electrons. The van der Waals surface area contributed by atoms with Crippen molar-refractivity contribution in [3.8, 4) is 0 Å². The summed E-state index contributed by atoms with van der Waals surface area (Å²) in [5.74, 6) is -0.965. The Labute approximate surface area is 105 Å². The minimum atomic E-state index is -2.96. The highest BCUT2D eigenvalue weighted by molar-refractivity contribution is 7.92. The third-order valence-electron chi connectivity index (χ3n) is 3.09. The molecule has 1 aromatic heterocycles.